The zero-order chi connectivity index (χ0) is 12.8. The number of aryl methyl sites for hydroxylation is 1. The Hall–Kier alpha value is -0.380. The van der Waals surface area contributed by atoms with E-state index in [9.17, 15) is 5.11 Å². The van der Waals surface area contributed by atoms with Gasteiger partial charge in [0, 0.05) is 11.0 Å². The Morgan fingerprint density at radius 2 is 2.06 bits per heavy atom. The van der Waals surface area contributed by atoms with Gasteiger partial charge in [0.2, 0.25) is 0 Å². The Labute approximate surface area is 113 Å². The molecular weight excluding hydrogens is 278 g/mol. The molecule has 2 atom stereocenters. The number of aliphatic hydroxyl groups excluding tert-OH is 1. The average Bonchev–Trinajstić information content (AvgIpc) is 2.20. The molecule has 0 aliphatic carbocycles. The molecule has 0 fully saturated rings. The summed E-state index contributed by atoms with van der Waals surface area (Å²) in [5.74, 6) is 0.505. The lowest BCUT2D eigenvalue weighted by atomic mass is 10.0. The molecule has 17 heavy (non-hydrogen) atoms. The highest BCUT2D eigenvalue weighted by molar-refractivity contribution is 9.10. The third-order valence-corrected chi connectivity index (χ3v) is 3.35. The minimum atomic E-state index is -0.207. The molecule has 0 radical (unpaired) electrons. The third kappa shape index (κ3) is 5.66. The molecule has 0 aliphatic rings. The maximum Gasteiger partial charge on any atom is 0.0515 e. The standard InChI is InChI=1S/C14H22BrNO/c1-10(6-12(3)17)8-16-9-13-4-5-14(15)7-11(13)2/h4-5,7,10,12,16-17H,6,8-9H2,1-3H3. The van der Waals surface area contributed by atoms with Gasteiger partial charge >= 0.3 is 0 Å². The molecule has 2 unspecified atom stereocenters. The van der Waals surface area contributed by atoms with Gasteiger partial charge in [0.1, 0.15) is 0 Å². The molecule has 0 bridgehead atoms. The maximum absolute atomic E-state index is 9.28. The largest absolute Gasteiger partial charge is 0.393 e. The molecule has 0 heterocycles. The lowest BCUT2D eigenvalue weighted by molar-refractivity contribution is 0.163. The molecule has 0 saturated heterocycles. The Kier molecular flexibility index (Phi) is 6.17. The van der Waals surface area contributed by atoms with Crippen LogP contribution in [0.1, 0.15) is 31.4 Å². The number of halogens is 1. The van der Waals surface area contributed by atoms with Gasteiger partial charge in [-0.15, -0.1) is 0 Å². The van der Waals surface area contributed by atoms with Crippen molar-refractivity contribution in [2.24, 2.45) is 5.92 Å². The average molecular weight is 300 g/mol. The van der Waals surface area contributed by atoms with E-state index in [0.717, 1.165) is 24.0 Å². The zero-order valence-electron chi connectivity index (χ0n) is 10.8. The molecule has 3 heteroatoms. The predicted molar refractivity (Wildman–Crippen MR) is 76.0 cm³/mol. The molecule has 0 amide bonds. The number of aliphatic hydroxyl groups is 1. The van der Waals surface area contributed by atoms with Gasteiger partial charge in [-0.25, -0.2) is 0 Å². The number of rotatable bonds is 6. The SMILES string of the molecule is Cc1cc(Br)ccc1CNCC(C)CC(C)O. The monoisotopic (exact) mass is 299 g/mol. The normalized spacial score (nSPS) is 14.6. The van der Waals surface area contributed by atoms with Crippen LogP contribution in [0.5, 0.6) is 0 Å². The molecule has 0 aliphatic heterocycles. The number of hydrogen-bond acceptors (Lipinski definition) is 2. The summed E-state index contributed by atoms with van der Waals surface area (Å²) in [6, 6.07) is 6.35. The van der Waals surface area contributed by atoms with Crippen molar-refractivity contribution in [3.05, 3.63) is 33.8 Å². The summed E-state index contributed by atoms with van der Waals surface area (Å²) in [6.45, 7) is 7.97. The van der Waals surface area contributed by atoms with Crippen LogP contribution in [-0.2, 0) is 6.54 Å². The zero-order valence-corrected chi connectivity index (χ0v) is 12.4. The van der Waals surface area contributed by atoms with E-state index in [0.29, 0.717) is 5.92 Å². The molecule has 0 aromatic heterocycles. The quantitative estimate of drug-likeness (QED) is 0.845. The van der Waals surface area contributed by atoms with Crippen LogP contribution < -0.4 is 5.32 Å². The van der Waals surface area contributed by atoms with Crippen molar-refractivity contribution in [1.82, 2.24) is 5.32 Å². The molecule has 0 saturated carbocycles. The Balaban J connectivity index is 2.35. The fraction of sp³-hybridized carbons (Fsp3) is 0.571. The van der Waals surface area contributed by atoms with Crippen molar-refractivity contribution in [2.45, 2.75) is 39.8 Å². The van der Waals surface area contributed by atoms with E-state index in [1.54, 1.807) is 0 Å². The van der Waals surface area contributed by atoms with E-state index in [-0.39, 0.29) is 6.10 Å². The first-order chi connectivity index (χ1) is 7.99. The van der Waals surface area contributed by atoms with Crippen molar-refractivity contribution in [3.63, 3.8) is 0 Å². The summed E-state index contributed by atoms with van der Waals surface area (Å²) >= 11 is 3.47. The Bertz CT molecular complexity index is 352. The molecule has 1 aromatic rings. The summed E-state index contributed by atoms with van der Waals surface area (Å²) in [4.78, 5) is 0. The second-order valence-electron chi connectivity index (χ2n) is 4.89. The Morgan fingerprint density at radius 1 is 1.35 bits per heavy atom. The fourth-order valence-corrected chi connectivity index (χ4v) is 2.45. The van der Waals surface area contributed by atoms with Gasteiger partial charge in [-0.1, -0.05) is 28.9 Å². The summed E-state index contributed by atoms with van der Waals surface area (Å²) < 4.78 is 1.13. The molecule has 2 N–H and O–H groups in total. The van der Waals surface area contributed by atoms with Crippen LogP contribution in [0.4, 0.5) is 0 Å². The number of benzene rings is 1. The van der Waals surface area contributed by atoms with E-state index in [1.807, 2.05) is 6.92 Å². The van der Waals surface area contributed by atoms with Crippen LogP contribution in [0.15, 0.2) is 22.7 Å². The minimum absolute atomic E-state index is 0.207. The lowest BCUT2D eigenvalue weighted by Crippen LogP contribution is -2.23. The predicted octanol–water partition coefficient (Wildman–Crippen LogP) is 3.25. The van der Waals surface area contributed by atoms with Gasteiger partial charge in [0.15, 0.2) is 0 Å². The van der Waals surface area contributed by atoms with Crippen molar-refractivity contribution < 1.29 is 5.11 Å². The van der Waals surface area contributed by atoms with Crippen molar-refractivity contribution >= 4 is 15.9 Å². The van der Waals surface area contributed by atoms with E-state index < -0.39 is 0 Å². The molecule has 0 spiro atoms. The highest BCUT2D eigenvalue weighted by Crippen LogP contribution is 2.15. The van der Waals surface area contributed by atoms with Crippen LogP contribution in [0.2, 0.25) is 0 Å². The Morgan fingerprint density at radius 3 is 2.65 bits per heavy atom. The highest BCUT2D eigenvalue weighted by atomic mass is 79.9. The van der Waals surface area contributed by atoms with Crippen LogP contribution in [0.25, 0.3) is 0 Å². The number of hydrogen-bond donors (Lipinski definition) is 2. The summed E-state index contributed by atoms with van der Waals surface area (Å²) in [5.41, 5.74) is 2.63. The van der Waals surface area contributed by atoms with Crippen LogP contribution in [0.3, 0.4) is 0 Å². The van der Waals surface area contributed by atoms with Crippen molar-refractivity contribution in [3.8, 4) is 0 Å². The molecule has 96 valence electrons. The summed E-state index contributed by atoms with van der Waals surface area (Å²) in [7, 11) is 0. The molecule has 2 nitrogen and oxygen atoms in total. The van der Waals surface area contributed by atoms with Gasteiger partial charge < -0.3 is 10.4 Å². The molecule has 1 aromatic carbocycles. The van der Waals surface area contributed by atoms with E-state index in [4.69, 9.17) is 0 Å². The van der Waals surface area contributed by atoms with E-state index in [1.165, 1.54) is 11.1 Å². The van der Waals surface area contributed by atoms with Crippen LogP contribution >= 0.6 is 15.9 Å². The van der Waals surface area contributed by atoms with Gasteiger partial charge in [-0.05, 0) is 56.0 Å². The fourth-order valence-electron chi connectivity index (χ4n) is 1.98. The second-order valence-corrected chi connectivity index (χ2v) is 5.81. The van der Waals surface area contributed by atoms with Gasteiger partial charge in [-0.2, -0.15) is 0 Å². The van der Waals surface area contributed by atoms with E-state index in [2.05, 4.69) is 53.3 Å². The smallest absolute Gasteiger partial charge is 0.0515 e. The van der Waals surface area contributed by atoms with Crippen molar-refractivity contribution in [2.75, 3.05) is 6.54 Å². The maximum atomic E-state index is 9.28. The summed E-state index contributed by atoms with van der Waals surface area (Å²) in [5, 5.41) is 12.7. The van der Waals surface area contributed by atoms with E-state index >= 15 is 0 Å². The molecule has 1 rings (SSSR count). The van der Waals surface area contributed by atoms with Crippen LogP contribution in [0, 0.1) is 12.8 Å². The minimum Gasteiger partial charge on any atom is -0.393 e. The van der Waals surface area contributed by atoms with Gasteiger partial charge in [-0.3, -0.25) is 0 Å². The number of nitrogens with one attached hydrogen (secondary N) is 1. The van der Waals surface area contributed by atoms with Gasteiger partial charge in [0.25, 0.3) is 0 Å². The van der Waals surface area contributed by atoms with Crippen molar-refractivity contribution in [1.29, 1.82) is 0 Å². The summed E-state index contributed by atoms with van der Waals surface area (Å²) in [6.07, 6.45) is 0.646. The third-order valence-electron chi connectivity index (χ3n) is 2.86. The topological polar surface area (TPSA) is 32.3 Å². The second kappa shape index (κ2) is 7.14. The van der Waals surface area contributed by atoms with Crippen LogP contribution in [-0.4, -0.2) is 17.8 Å². The van der Waals surface area contributed by atoms with Gasteiger partial charge in [0.05, 0.1) is 6.10 Å². The first-order valence-corrected chi connectivity index (χ1v) is 6.92. The first-order valence-electron chi connectivity index (χ1n) is 6.13. The molecular formula is C14H22BrNO. The lowest BCUT2D eigenvalue weighted by Gasteiger charge is -2.15. The first kappa shape index (κ1) is 14.7. The highest BCUT2D eigenvalue weighted by Gasteiger charge is 2.06.